The molecule has 2 aromatic heterocycles. The Balaban J connectivity index is 1.33. The van der Waals surface area contributed by atoms with Crippen LogP contribution in [0.25, 0.3) is 11.0 Å². The molecule has 0 atom stereocenters. The summed E-state index contributed by atoms with van der Waals surface area (Å²) in [5.41, 5.74) is 2.44. The van der Waals surface area contributed by atoms with E-state index in [2.05, 4.69) is 4.98 Å². The molecule has 0 aliphatic rings. The average Bonchev–Trinajstić information content (AvgIpc) is 3.52. The number of hydrogen-bond donors (Lipinski definition) is 0. The van der Waals surface area contributed by atoms with Crippen molar-refractivity contribution in [3.8, 4) is 5.75 Å². The minimum Gasteiger partial charge on any atom is -0.489 e. The number of hydrogen-bond acceptors (Lipinski definition) is 7. The topological polar surface area (TPSA) is 81.9 Å². The molecule has 0 saturated heterocycles. The molecular formula is C28H22N2O5S. The number of carbonyl (C=O) groups excluding carboxylic acids is 2. The Morgan fingerprint density at radius 1 is 0.917 bits per heavy atom. The van der Waals surface area contributed by atoms with E-state index in [0.29, 0.717) is 33.4 Å². The minimum atomic E-state index is -0.612. The van der Waals surface area contributed by atoms with E-state index >= 15 is 0 Å². The second-order valence-electron chi connectivity index (χ2n) is 7.90. The number of fused-ring (bicyclic) bond motifs is 1. The Morgan fingerprint density at radius 2 is 1.61 bits per heavy atom. The zero-order chi connectivity index (χ0) is 24.9. The van der Waals surface area contributed by atoms with Crippen molar-refractivity contribution in [2.24, 2.45) is 0 Å². The average molecular weight is 499 g/mol. The van der Waals surface area contributed by atoms with Gasteiger partial charge in [-0.15, -0.1) is 11.3 Å². The van der Waals surface area contributed by atoms with Crippen LogP contribution in [0.15, 0.2) is 94.7 Å². The van der Waals surface area contributed by atoms with Crippen molar-refractivity contribution < 1.29 is 23.5 Å². The molecule has 180 valence electrons. The van der Waals surface area contributed by atoms with Crippen LogP contribution in [-0.4, -0.2) is 16.9 Å². The highest BCUT2D eigenvalue weighted by molar-refractivity contribution is 7.14. The molecule has 0 N–H and O–H groups in total. The molecule has 1 amide bonds. The zero-order valence-electron chi connectivity index (χ0n) is 19.4. The maximum Gasteiger partial charge on any atom is 0.375 e. The number of para-hydroxylation sites is 3. The van der Waals surface area contributed by atoms with E-state index in [1.807, 2.05) is 78.9 Å². The quantitative estimate of drug-likeness (QED) is 0.227. The lowest BCUT2D eigenvalue weighted by Gasteiger charge is -2.17. The molecule has 5 aromatic rings. The fourth-order valence-corrected chi connectivity index (χ4v) is 4.63. The highest BCUT2D eigenvalue weighted by Crippen LogP contribution is 2.30. The summed E-state index contributed by atoms with van der Waals surface area (Å²) >= 11 is 1.30. The van der Waals surface area contributed by atoms with Crippen LogP contribution in [0.5, 0.6) is 5.75 Å². The summed E-state index contributed by atoms with van der Waals surface area (Å²) in [7, 11) is 0. The lowest BCUT2D eigenvalue weighted by atomic mass is 10.1. The highest BCUT2D eigenvalue weighted by Gasteiger charge is 2.23. The van der Waals surface area contributed by atoms with Crippen LogP contribution in [-0.2, 0) is 22.7 Å². The van der Waals surface area contributed by atoms with E-state index in [4.69, 9.17) is 13.9 Å². The van der Waals surface area contributed by atoms with Gasteiger partial charge in [-0.1, -0.05) is 54.6 Å². The van der Waals surface area contributed by atoms with Crippen molar-refractivity contribution in [2.75, 3.05) is 4.90 Å². The number of amides is 1. The molecule has 0 aliphatic carbocycles. The first kappa shape index (κ1) is 23.3. The van der Waals surface area contributed by atoms with Crippen molar-refractivity contribution in [1.82, 2.24) is 4.98 Å². The number of ether oxygens (including phenoxy) is 2. The number of aromatic nitrogens is 1. The molecule has 7 nitrogen and oxygen atoms in total. The summed E-state index contributed by atoms with van der Waals surface area (Å²) in [6.07, 6.45) is 0. The summed E-state index contributed by atoms with van der Waals surface area (Å²) in [6, 6.07) is 26.0. The van der Waals surface area contributed by atoms with E-state index in [-0.39, 0.29) is 24.9 Å². The van der Waals surface area contributed by atoms with Gasteiger partial charge in [-0.2, -0.15) is 0 Å². The van der Waals surface area contributed by atoms with Crippen LogP contribution < -0.4 is 9.64 Å². The lowest BCUT2D eigenvalue weighted by Crippen LogP contribution is -2.22. The standard InChI is InChI=1S/C28H22N2O5S/c1-19(31)30(21-10-4-2-5-11-21)28-29-20(18-36-28)16-34-27(32)26-24(17-33-22-12-6-3-7-13-22)23-14-8-9-15-25(23)35-26/h2-15,18H,16-17H2,1H3. The molecule has 0 radical (unpaired) electrons. The van der Waals surface area contributed by atoms with E-state index < -0.39 is 5.97 Å². The normalized spacial score (nSPS) is 10.8. The number of anilines is 2. The van der Waals surface area contributed by atoms with Crippen molar-refractivity contribution in [3.63, 3.8) is 0 Å². The van der Waals surface area contributed by atoms with Crippen LogP contribution in [0.1, 0.15) is 28.7 Å². The van der Waals surface area contributed by atoms with Gasteiger partial charge in [0.05, 0.1) is 16.9 Å². The first-order valence-corrected chi connectivity index (χ1v) is 12.1. The minimum absolute atomic E-state index is 0.0636. The molecule has 2 heterocycles. The maximum atomic E-state index is 13.0. The van der Waals surface area contributed by atoms with Crippen molar-refractivity contribution in [2.45, 2.75) is 20.1 Å². The molecule has 0 unspecified atom stereocenters. The number of furan rings is 1. The molecule has 3 aromatic carbocycles. The molecule has 8 heteroatoms. The van der Waals surface area contributed by atoms with Gasteiger partial charge in [0, 0.05) is 17.7 Å². The van der Waals surface area contributed by atoms with E-state index in [1.165, 1.54) is 23.2 Å². The molecule has 0 fully saturated rings. The molecule has 36 heavy (non-hydrogen) atoms. The summed E-state index contributed by atoms with van der Waals surface area (Å²) < 4.78 is 17.3. The summed E-state index contributed by atoms with van der Waals surface area (Å²) in [6.45, 7) is 1.57. The number of thiazole rings is 1. The molecular weight excluding hydrogens is 476 g/mol. The third-order valence-corrected chi connectivity index (χ3v) is 6.30. The number of benzene rings is 3. The SMILES string of the molecule is CC(=O)N(c1ccccc1)c1nc(COC(=O)c2oc3ccccc3c2COc2ccccc2)cs1. The first-order valence-electron chi connectivity index (χ1n) is 11.3. The van der Waals surface area contributed by atoms with E-state index in [9.17, 15) is 9.59 Å². The largest absolute Gasteiger partial charge is 0.489 e. The fourth-order valence-electron chi connectivity index (χ4n) is 3.75. The van der Waals surface area contributed by atoms with Crippen LogP contribution in [0.3, 0.4) is 0 Å². The Hall–Kier alpha value is -4.43. The second kappa shape index (κ2) is 10.5. The van der Waals surface area contributed by atoms with E-state index in [1.54, 1.807) is 11.4 Å². The number of carbonyl (C=O) groups is 2. The lowest BCUT2D eigenvalue weighted by molar-refractivity contribution is -0.115. The van der Waals surface area contributed by atoms with Gasteiger partial charge in [-0.05, 0) is 30.3 Å². The predicted molar refractivity (Wildman–Crippen MR) is 137 cm³/mol. The smallest absolute Gasteiger partial charge is 0.375 e. The third kappa shape index (κ3) is 4.99. The van der Waals surface area contributed by atoms with Crippen LogP contribution in [0.4, 0.5) is 10.8 Å². The third-order valence-electron chi connectivity index (χ3n) is 5.42. The zero-order valence-corrected chi connectivity index (χ0v) is 20.2. The van der Waals surface area contributed by atoms with Gasteiger partial charge in [0.15, 0.2) is 5.13 Å². The van der Waals surface area contributed by atoms with Crippen LogP contribution in [0, 0.1) is 0 Å². The second-order valence-corrected chi connectivity index (χ2v) is 8.73. The number of esters is 1. The number of nitrogens with zero attached hydrogens (tertiary/aromatic N) is 2. The van der Waals surface area contributed by atoms with Gasteiger partial charge in [-0.3, -0.25) is 9.69 Å². The van der Waals surface area contributed by atoms with E-state index in [0.717, 1.165) is 5.39 Å². The Kier molecular flexibility index (Phi) is 6.77. The molecule has 0 spiro atoms. The summed E-state index contributed by atoms with van der Waals surface area (Å²) in [5.74, 6) is 0.00565. The molecule has 0 bridgehead atoms. The maximum absolute atomic E-state index is 13.0. The molecule has 0 aliphatic heterocycles. The Labute approximate surface area is 211 Å². The molecule has 5 rings (SSSR count). The monoisotopic (exact) mass is 498 g/mol. The Bertz CT molecular complexity index is 1490. The highest BCUT2D eigenvalue weighted by atomic mass is 32.1. The van der Waals surface area contributed by atoms with Gasteiger partial charge in [0.25, 0.3) is 0 Å². The van der Waals surface area contributed by atoms with Gasteiger partial charge in [0.1, 0.15) is 24.5 Å². The summed E-state index contributed by atoms with van der Waals surface area (Å²) in [5, 5.41) is 3.05. The predicted octanol–water partition coefficient (Wildman–Crippen LogP) is 6.51. The van der Waals surface area contributed by atoms with Crippen molar-refractivity contribution in [1.29, 1.82) is 0 Å². The summed E-state index contributed by atoms with van der Waals surface area (Å²) in [4.78, 5) is 31.3. The van der Waals surface area contributed by atoms with Gasteiger partial charge < -0.3 is 13.9 Å². The van der Waals surface area contributed by atoms with Crippen LogP contribution >= 0.6 is 11.3 Å². The number of rotatable bonds is 8. The molecule has 0 saturated carbocycles. The van der Waals surface area contributed by atoms with Crippen molar-refractivity contribution >= 4 is 45.0 Å². The van der Waals surface area contributed by atoms with Crippen molar-refractivity contribution in [3.05, 3.63) is 107 Å². The van der Waals surface area contributed by atoms with Gasteiger partial charge in [-0.25, -0.2) is 9.78 Å². The first-order chi connectivity index (χ1) is 17.6. The van der Waals surface area contributed by atoms with Crippen LogP contribution in [0.2, 0.25) is 0 Å². The van der Waals surface area contributed by atoms with Gasteiger partial charge in [0.2, 0.25) is 11.7 Å². The van der Waals surface area contributed by atoms with Gasteiger partial charge >= 0.3 is 5.97 Å². The fraction of sp³-hybridized carbons (Fsp3) is 0.107. The Morgan fingerprint density at radius 3 is 2.36 bits per heavy atom.